The van der Waals surface area contributed by atoms with Crippen molar-refractivity contribution in [1.82, 2.24) is 24.5 Å². The van der Waals surface area contributed by atoms with E-state index in [2.05, 4.69) is 54.1 Å². The van der Waals surface area contributed by atoms with Crippen LogP contribution in [0.4, 0.5) is 0 Å². The average molecular weight is 303 g/mol. The van der Waals surface area contributed by atoms with Gasteiger partial charge in [-0.3, -0.25) is 4.40 Å². The molecule has 1 N–H and O–H groups in total. The lowest BCUT2D eigenvalue weighted by molar-refractivity contribution is 0.576. The van der Waals surface area contributed by atoms with Crippen LogP contribution in [0, 0.1) is 20.8 Å². The summed E-state index contributed by atoms with van der Waals surface area (Å²) in [6.45, 7) is 11.3. The molecule has 0 unspecified atom stereocenters. The molecule has 0 fully saturated rings. The molecule has 0 saturated heterocycles. The molecule has 3 heterocycles. The van der Waals surface area contributed by atoms with E-state index in [4.69, 9.17) is 4.98 Å². The lowest BCUT2D eigenvalue weighted by Crippen LogP contribution is -2.23. The molecule has 0 aliphatic rings. The highest BCUT2D eigenvalue weighted by Gasteiger charge is 2.18. The van der Waals surface area contributed by atoms with E-state index in [1.54, 1.807) is 11.3 Å². The van der Waals surface area contributed by atoms with Crippen LogP contribution in [-0.2, 0) is 6.54 Å². The van der Waals surface area contributed by atoms with Crippen LogP contribution in [0.2, 0.25) is 0 Å². The van der Waals surface area contributed by atoms with E-state index >= 15 is 0 Å². The Morgan fingerprint density at radius 1 is 1.29 bits per heavy atom. The summed E-state index contributed by atoms with van der Waals surface area (Å²) >= 11 is 1.65. The molecule has 3 aromatic rings. The molecule has 0 bridgehead atoms. The summed E-state index contributed by atoms with van der Waals surface area (Å²) in [6.07, 6.45) is 2.08. The molecular formula is C15H21N5S. The maximum atomic E-state index is 4.78. The normalized spacial score (nSPS) is 11.9. The van der Waals surface area contributed by atoms with Crippen LogP contribution in [0.25, 0.3) is 10.8 Å². The van der Waals surface area contributed by atoms with E-state index in [1.165, 1.54) is 5.56 Å². The van der Waals surface area contributed by atoms with Crippen LogP contribution in [0.15, 0.2) is 11.6 Å². The van der Waals surface area contributed by atoms with E-state index in [-0.39, 0.29) is 0 Å². The molecule has 6 heteroatoms. The summed E-state index contributed by atoms with van der Waals surface area (Å²) in [5.74, 6) is 0.934. The molecule has 0 amide bonds. The number of hydrogen-bond acceptors (Lipinski definition) is 4. The number of aromatic nitrogens is 4. The molecule has 0 spiro atoms. The molecular weight excluding hydrogens is 282 g/mol. The molecule has 0 aliphatic heterocycles. The number of nitrogens with zero attached hydrogens (tertiary/aromatic N) is 4. The Labute approximate surface area is 128 Å². The lowest BCUT2D eigenvalue weighted by Gasteiger charge is -2.10. The van der Waals surface area contributed by atoms with Crippen molar-refractivity contribution in [3.8, 4) is 5.82 Å². The highest BCUT2D eigenvalue weighted by molar-refractivity contribution is 7.15. The quantitative estimate of drug-likeness (QED) is 0.806. The zero-order chi connectivity index (χ0) is 15.1. The van der Waals surface area contributed by atoms with Gasteiger partial charge in [0.2, 0.25) is 0 Å². The fourth-order valence-corrected chi connectivity index (χ4v) is 3.11. The Kier molecular flexibility index (Phi) is 3.59. The van der Waals surface area contributed by atoms with Crippen LogP contribution in [0.1, 0.15) is 36.5 Å². The second kappa shape index (κ2) is 5.27. The minimum Gasteiger partial charge on any atom is -0.309 e. The standard InChI is InChI=1S/C15H21N5S/c1-9(2)16-8-13-14(17-15-19(13)6-7-21-15)20-12(5)10(3)11(4)18-20/h6-7,9,16H,8H2,1-5H3. The van der Waals surface area contributed by atoms with Gasteiger partial charge in [0.15, 0.2) is 10.8 Å². The molecule has 5 nitrogen and oxygen atoms in total. The van der Waals surface area contributed by atoms with E-state index < -0.39 is 0 Å². The van der Waals surface area contributed by atoms with Crippen molar-refractivity contribution >= 4 is 16.3 Å². The smallest absolute Gasteiger partial charge is 0.196 e. The Hall–Kier alpha value is -1.66. The summed E-state index contributed by atoms with van der Waals surface area (Å²) in [5.41, 5.74) is 4.61. The maximum Gasteiger partial charge on any atom is 0.196 e. The second-order valence-corrected chi connectivity index (χ2v) is 6.55. The summed E-state index contributed by atoms with van der Waals surface area (Å²) < 4.78 is 4.13. The highest BCUT2D eigenvalue weighted by atomic mass is 32.1. The third-order valence-electron chi connectivity index (χ3n) is 3.87. The number of nitrogens with one attached hydrogen (secondary N) is 1. The SMILES string of the molecule is Cc1nn(-c2nc3sccn3c2CNC(C)C)c(C)c1C. The van der Waals surface area contributed by atoms with Crippen LogP contribution in [0.5, 0.6) is 0 Å². The number of aryl methyl sites for hydroxylation is 1. The number of thiazole rings is 1. The van der Waals surface area contributed by atoms with Crippen LogP contribution in [-0.4, -0.2) is 25.2 Å². The third-order valence-corrected chi connectivity index (χ3v) is 4.63. The number of fused-ring (bicyclic) bond motifs is 1. The molecule has 112 valence electrons. The van der Waals surface area contributed by atoms with Gasteiger partial charge in [-0.2, -0.15) is 10.1 Å². The van der Waals surface area contributed by atoms with Gasteiger partial charge < -0.3 is 5.32 Å². The zero-order valence-electron chi connectivity index (χ0n) is 13.1. The minimum absolute atomic E-state index is 0.434. The van der Waals surface area contributed by atoms with E-state index in [1.807, 2.05) is 11.6 Å². The Bertz CT molecular complexity index is 778. The fourth-order valence-electron chi connectivity index (χ4n) is 2.38. The van der Waals surface area contributed by atoms with Gasteiger partial charge in [-0.15, -0.1) is 11.3 Å². The predicted molar refractivity (Wildman–Crippen MR) is 86.4 cm³/mol. The van der Waals surface area contributed by atoms with Crippen molar-refractivity contribution in [2.45, 2.75) is 47.2 Å². The van der Waals surface area contributed by atoms with E-state index in [0.717, 1.165) is 34.4 Å². The lowest BCUT2D eigenvalue weighted by atomic mass is 10.2. The topological polar surface area (TPSA) is 47.2 Å². The summed E-state index contributed by atoms with van der Waals surface area (Å²) in [5, 5.41) is 10.2. The summed E-state index contributed by atoms with van der Waals surface area (Å²) in [6, 6.07) is 0.434. The Morgan fingerprint density at radius 3 is 2.67 bits per heavy atom. The number of imidazole rings is 1. The van der Waals surface area contributed by atoms with Gasteiger partial charge in [0.1, 0.15) is 0 Å². The van der Waals surface area contributed by atoms with Crippen molar-refractivity contribution in [2.75, 3.05) is 0 Å². The molecule has 0 radical (unpaired) electrons. The summed E-state index contributed by atoms with van der Waals surface area (Å²) in [4.78, 5) is 5.79. The molecule has 3 rings (SSSR count). The first-order chi connectivity index (χ1) is 9.99. The largest absolute Gasteiger partial charge is 0.309 e. The second-order valence-electron chi connectivity index (χ2n) is 5.68. The van der Waals surface area contributed by atoms with Crippen LogP contribution >= 0.6 is 11.3 Å². The van der Waals surface area contributed by atoms with Crippen LogP contribution < -0.4 is 5.32 Å². The minimum atomic E-state index is 0.434. The van der Waals surface area contributed by atoms with E-state index in [9.17, 15) is 0 Å². The predicted octanol–water partition coefficient (Wildman–Crippen LogP) is 3.00. The van der Waals surface area contributed by atoms with Gasteiger partial charge in [-0.25, -0.2) is 4.68 Å². The Balaban J connectivity index is 2.14. The van der Waals surface area contributed by atoms with Crippen molar-refractivity contribution < 1.29 is 0 Å². The third kappa shape index (κ3) is 2.38. The van der Waals surface area contributed by atoms with Crippen molar-refractivity contribution in [1.29, 1.82) is 0 Å². The maximum absolute atomic E-state index is 4.78. The van der Waals surface area contributed by atoms with Crippen molar-refractivity contribution in [3.05, 3.63) is 34.2 Å². The van der Waals surface area contributed by atoms with Gasteiger partial charge >= 0.3 is 0 Å². The number of hydrogen-bond donors (Lipinski definition) is 1. The average Bonchev–Trinajstić information content (AvgIpc) is 3.06. The summed E-state index contributed by atoms with van der Waals surface area (Å²) in [7, 11) is 0. The fraction of sp³-hybridized carbons (Fsp3) is 0.467. The molecule has 0 atom stereocenters. The van der Waals surface area contributed by atoms with Crippen LogP contribution in [0.3, 0.4) is 0 Å². The molecule has 21 heavy (non-hydrogen) atoms. The van der Waals surface area contributed by atoms with E-state index in [0.29, 0.717) is 6.04 Å². The van der Waals surface area contributed by atoms with Gasteiger partial charge in [0, 0.05) is 29.9 Å². The van der Waals surface area contributed by atoms with Gasteiger partial charge in [-0.1, -0.05) is 13.8 Å². The molecule has 3 aromatic heterocycles. The van der Waals surface area contributed by atoms with Gasteiger partial charge in [-0.05, 0) is 26.3 Å². The zero-order valence-corrected chi connectivity index (χ0v) is 14.0. The van der Waals surface area contributed by atoms with Gasteiger partial charge in [0.05, 0.1) is 11.4 Å². The highest BCUT2D eigenvalue weighted by Crippen LogP contribution is 2.23. The first-order valence-electron chi connectivity index (χ1n) is 7.20. The first-order valence-corrected chi connectivity index (χ1v) is 8.08. The van der Waals surface area contributed by atoms with Crippen molar-refractivity contribution in [2.24, 2.45) is 0 Å². The molecule has 0 aliphatic carbocycles. The first kappa shape index (κ1) is 14.3. The monoisotopic (exact) mass is 303 g/mol. The van der Waals surface area contributed by atoms with Crippen molar-refractivity contribution in [3.63, 3.8) is 0 Å². The number of rotatable bonds is 4. The molecule has 0 saturated carbocycles. The molecule has 0 aromatic carbocycles. The van der Waals surface area contributed by atoms with Gasteiger partial charge in [0.25, 0.3) is 0 Å². The Morgan fingerprint density at radius 2 is 2.05 bits per heavy atom.